The first-order valence-corrected chi connectivity index (χ1v) is 10.5. The second-order valence-corrected chi connectivity index (χ2v) is 7.72. The summed E-state index contributed by atoms with van der Waals surface area (Å²) in [7, 11) is 0. The Hall–Kier alpha value is -0.130. The van der Waals surface area contributed by atoms with Crippen LogP contribution in [0.25, 0.3) is 0 Å². The van der Waals surface area contributed by atoms with E-state index in [9.17, 15) is 4.79 Å². The molecule has 0 atom stereocenters. The third-order valence-electron chi connectivity index (χ3n) is 3.64. The van der Waals surface area contributed by atoms with Crippen LogP contribution in [-0.4, -0.2) is 41.9 Å². The van der Waals surface area contributed by atoms with Gasteiger partial charge in [-0.1, -0.05) is 49.9 Å². The van der Waals surface area contributed by atoms with Crippen molar-refractivity contribution < 1.29 is 4.79 Å². The molecule has 0 aromatic heterocycles. The van der Waals surface area contributed by atoms with Crippen molar-refractivity contribution in [3.05, 3.63) is 28.2 Å². The van der Waals surface area contributed by atoms with E-state index in [1.807, 2.05) is 0 Å². The van der Waals surface area contributed by atoms with Crippen LogP contribution in [0.15, 0.2) is 18.2 Å². The van der Waals surface area contributed by atoms with Crippen molar-refractivity contribution in [3.8, 4) is 0 Å². The molecule has 0 unspecified atom stereocenters. The lowest BCUT2D eigenvalue weighted by Crippen LogP contribution is -2.28. The summed E-state index contributed by atoms with van der Waals surface area (Å²) < 4.78 is 0. The van der Waals surface area contributed by atoms with Gasteiger partial charge in [0, 0.05) is 17.3 Å². The van der Waals surface area contributed by atoms with E-state index in [1.54, 1.807) is 30.0 Å². The van der Waals surface area contributed by atoms with Crippen LogP contribution < -0.4 is 5.32 Å². The number of carbonyl (C=O) groups is 1. The summed E-state index contributed by atoms with van der Waals surface area (Å²) in [4.78, 5) is 14.5. The number of halogens is 3. The minimum atomic E-state index is -0.0437. The van der Waals surface area contributed by atoms with Gasteiger partial charge in [-0.05, 0) is 44.1 Å². The van der Waals surface area contributed by atoms with Crippen LogP contribution in [0.1, 0.15) is 39.5 Å². The van der Waals surface area contributed by atoms with E-state index in [0.29, 0.717) is 21.5 Å². The molecule has 0 saturated carbocycles. The van der Waals surface area contributed by atoms with Crippen molar-refractivity contribution in [1.82, 2.24) is 4.90 Å². The molecule has 0 bridgehead atoms. The van der Waals surface area contributed by atoms with Gasteiger partial charge in [0.1, 0.15) is 0 Å². The molecule has 7 heteroatoms. The molecule has 1 aromatic carbocycles. The molecule has 0 fully saturated rings. The predicted molar refractivity (Wildman–Crippen MR) is 116 cm³/mol. The second-order valence-electron chi connectivity index (χ2n) is 5.77. The fourth-order valence-corrected chi connectivity index (χ4v) is 3.36. The van der Waals surface area contributed by atoms with Gasteiger partial charge in [0.15, 0.2) is 0 Å². The van der Waals surface area contributed by atoms with Crippen LogP contribution >= 0.6 is 47.4 Å². The molecule has 1 N–H and O–H groups in total. The van der Waals surface area contributed by atoms with Crippen molar-refractivity contribution >= 4 is 59.0 Å². The maximum Gasteiger partial charge on any atom is 0.234 e. The zero-order chi connectivity index (χ0) is 17.8. The van der Waals surface area contributed by atoms with Crippen molar-refractivity contribution in [2.75, 3.05) is 36.5 Å². The summed E-state index contributed by atoms with van der Waals surface area (Å²) in [5.74, 6) is 1.35. The number of nitrogens with zero attached hydrogens (tertiary/aromatic N) is 1. The number of benzene rings is 1. The summed E-state index contributed by atoms with van der Waals surface area (Å²) in [5.41, 5.74) is 0.572. The Morgan fingerprint density at radius 3 is 2.36 bits per heavy atom. The number of amides is 1. The number of carbonyl (C=O) groups excluding carboxylic acids is 1. The fraction of sp³-hybridized carbons (Fsp3) is 0.611. The minimum Gasteiger partial charge on any atom is -0.324 e. The SMILES string of the molecule is CCCCN(CCCC)CCSCC(=O)Nc1cc(Cl)ccc1Cl.Cl. The van der Waals surface area contributed by atoms with Gasteiger partial charge in [-0.3, -0.25) is 4.79 Å². The highest BCUT2D eigenvalue weighted by molar-refractivity contribution is 7.99. The first-order chi connectivity index (χ1) is 11.6. The van der Waals surface area contributed by atoms with Crippen LogP contribution in [0.5, 0.6) is 0 Å². The maximum atomic E-state index is 12.0. The molecule has 3 nitrogen and oxygen atoms in total. The number of hydrogen-bond acceptors (Lipinski definition) is 3. The number of thioether (sulfide) groups is 1. The third-order valence-corrected chi connectivity index (χ3v) is 5.15. The zero-order valence-corrected chi connectivity index (χ0v) is 18.2. The van der Waals surface area contributed by atoms with Gasteiger partial charge in [-0.25, -0.2) is 0 Å². The third kappa shape index (κ3) is 11.2. The molecule has 0 heterocycles. The Labute approximate surface area is 172 Å². The highest BCUT2D eigenvalue weighted by Gasteiger charge is 2.08. The van der Waals surface area contributed by atoms with E-state index in [4.69, 9.17) is 23.2 Å². The Balaban J connectivity index is 0.00000576. The zero-order valence-electron chi connectivity index (χ0n) is 15.0. The molecule has 0 aliphatic rings. The van der Waals surface area contributed by atoms with E-state index >= 15 is 0 Å². The molecule has 0 radical (unpaired) electrons. The lowest BCUT2D eigenvalue weighted by atomic mass is 10.2. The standard InChI is InChI=1S/C18H28Cl2N2OS.ClH/c1-3-5-9-22(10-6-4-2)11-12-24-14-18(23)21-17-13-15(19)7-8-16(17)20;/h7-8,13H,3-6,9-12,14H2,1-2H3,(H,21,23);1H. The molecule has 0 saturated heterocycles. The van der Waals surface area contributed by atoms with Crippen LogP contribution in [0.2, 0.25) is 10.0 Å². The summed E-state index contributed by atoms with van der Waals surface area (Å²) in [6.07, 6.45) is 4.92. The molecule has 144 valence electrons. The lowest BCUT2D eigenvalue weighted by Gasteiger charge is -2.21. The Kier molecular flexibility index (Phi) is 14.9. The average Bonchev–Trinajstić information content (AvgIpc) is 2.56. The van der Waals surface area contributed by atoms with E-state index in [0.717, 1.165) is 25.4 Å². The lowest BCUT2D eigenvalue weighted by molar-refractivity contribution is -0.113. The number of rotatable bonds is 12. The van der Waals surface area contributed by atoms with Crippen molar-refractivity contribution in [1.29, 1.82) is 0 Å². The minimum absolute atomic E-state index is 0. The quantitative estimate of drug-likeness (QED) is 0.416. The molecule has 0 spiro atoms. The van der Waals surface area contributed by atoms with Crippen LogP contribution in [0.4, 0.5) is 5.69 Å². The van der Waals surface area contributed by atoms with Gasteiger partial charge < -0.3 is 10.2 Å². The summed E-state index contributed by atoms with van der Waals surface area (Å²) in [6.45, 7) is 7.79. The first-order valence-electron chi connectivity index (χ1n) is 8.61. The van der Waals surface area contributed by atoms with Crippen LogP contribution in [0, 0.1) is 0 Å². The van der Waals surface area contributed by atoms with Gasteiger partial charge in [0.2, 0.25) is 5.91 Å². The van der Waals surface area contributed by atoms with Crippen molar-refractivity contribution in [3.63, 3.8) is 0 Å². The molecular weight excluding hydrogens is 399 g/mol. The largest absolute Gasteiger partial charge is 0.324 e. The Morgan fingerprint density at radius 2 is 1.76 bits per heavy atom. The summed E-state index contributed by atoms with van der Waals surface area (Å²) in [6, 6.07) is 5.06. The molecule has 25 heavy (non-hydrogen) atoms. The molecule has 0 aliphatic heterocycles. The smallest absolute Gasteiger partial charge is 0.234 e. The van der Waals surface area contributed by atoms with Gasteiger partial charge >= 0.3 is 0 Å². The van der Waals surface area contributed by atoms with E-state index in [1.165, 1.54) is 25.7 Å². The van der Waals surface area contributed by atoms with E-state index < -0.39 is 0 Å². The fourth-order valence-electron chi connectivity index (χ4n) is 2.24. The van der Waals surface area contributed by atoms with Gasteiger partial charge in [0.25, 0.3) is 0 Å². The number of anilines is 1. The first kappa shape index (κ1) is 24.9. The second kappa shape index (κ2) is 15.0. The Bertz CT molecular complexity index is 495. The molecule has 0 aliphatic carbocycles. The van der Waals surface area contributed by atoms with Crippen molar-refractivity contribution in [2.45, 2.75) is 39.5 Å². The molecule has 1 amide bonds. The normalized spacial score (nSPS) is 10.6. The summed E-state index contributed by atoms with van der Waals surface area (Å²) in [5, 5.41) is 3.88. The summed E-state index contributed by atoms with van der Waals surface area (Å²) >= 11 is 13.6. The van der Waals surface area contributed by atoms with Crippen molar-refractivity contribution in [2.24, 2.45) is 0 Å². The monoisotopic (exact) mass is 426 g/mol. The topological polar surface area (TPSA) is 32.3 Å². The Morgan fingerprint density at radius 1 is 1.12 bits per heavy atom. The number of hydrogen-bond donors (Lipinski definition) is 1. The molecule has 1 aromatic rings. The maximum absolute atomic E-state index is 12.0. The molecule has 1 rings (SSSR count). The number of unbranched alkanes of at least 4 members (excludes halogenated alkanes) is 2. The van der Waals surface area contributed by atoms with E-state index in [-0.39, 0.29) is 18.3 Å². The molecular formula is C18H29Cl3N2OS. The van der Waals surface area contributed by atoms with Crippen LogP contribution in [-0.2, 0) is 4.79 Å². The van der Waals surface area contributed by atoms with Gasteiger partial charge in [-0.15, -0.1) is 12.4 Å². The predicted octanol–water partition coefficient (Wildman–Crippen LogP) is 5.99. The highest BCUT2D eigenvalue weighted by Crippen LogP contribution is 2.25. The average molecular weight is 428 g/mol. The van der Waals surface area contributed by atoms with E-state index in [2.05, 4.69) is 24.1 Å². The van der Waals surface area contributed by atoms with Gasteiger partial charge in [0.05, 0.1) is 16.5 Å². The number of nitrogens with one attached hydrogen (secondary N) is 1. The highest BCUT2D eigenvalue weighted by atomic mass is 35.5. The van der Waals surface area contributed by atoms with Gasteiger partial charge in [-0.2, -0.15) is 11.8 Å². The van der Waals surface area contributed by atoms with Crippen LogP contribution in [0.3, 0.4) is 0 Å².